The number of carbonyl (C=O) groups excluding carboxylic acids is 3. The first-order chi connectivity index (χ1) is 17.5. The fraction of sp³-hybridized carbons (Fsp3) is 0.607. The Labute approximate surface area is 225 Å². The zero-order chi connectivity index (χ0) is 30.3. The van der Waals surface area contributed by atoms with Gasteiger partial charge in [0.25, 0.3) is 0 Å². The minimum atomic E-state index is -0.245. The van der Waals surface area contributed by atoms with Crippen LogP contribution in [-0.2, 0) is 33.3 Å². The molecule has 0 atom stereocenters. The van der Waals surface area contributed by atoms with Gasteiger partial charge in [-0.1, -0.05) is 49.2 Å². The van der Waals surface area contributed by atoms with Gasteiger partial charge in [-0.05, 0) is 34.1 Å². The topological polar surface area (TPSA) is 129 Å². The molecule has 0 radical (unpaired) electrons. The van der Waals surface area contributed by atoms with E-state index in [9.17, 15) is 14.4 Å². The maximum atomic E-state index is 10.1. The Morgan fingerprint density at radius 1 is 0.757 bits per heavy atom. The molecule has 0 aliphatic rings. The van der Waals surface area contributed by atoms with Crippen LogP contribution in [-0.4, -0.2) is 74.9 Å². The number of hydrogen-bond acceptors (Lipinski definition) is 9. The van der Waals surface area contributed by atoms with E-state index in [0.29, 0.717) is 13.2 Å². The summed E-state index contributed by atoms with van der Waals surface area (Å²) in [6.45, 7) is 22.6. The fourth-order valence-corrected chi connectivity index (χ4v) is 1.30. The van der Waals surface area contributed by atoms with E-state index >= 15 is 0 Å². The van der Waals surface area contributed by atoms with Crippen LogP contribution in [0.4, 0.5) is 0 Å². The molecule has 9 heteroatoms. The second-order valence-electron chi connectivity index (χ2n) is 6.20. The van der Waals surface area contributed by atoms with Crippen LogP contribution in [0.15, 0.2) is 43.5 Å². The third-order valence-corrected chi connectivity index (χ3v) is 2.89. The Kier molecular flexibility index (Phi) is 64.4. The molecule has 1 rings (SSSR count). The molecule has 0 aromatic heterocycles. The van der Waals surface area contributed by atoms with Crippen molar-refractivity contribution in [1.29, 1.82) is 0 Å². The number of aryl methyl sites for hydroxylation is 1. The quantitative estimate of drug-likeness (QED) is 0.217. The lowest BCUT2D eigenvalue weighted by Crippen LogP contribution is -1.99. The SMILES string of the molecule is C=C.CCCCOC(C)=O.CCOC(C)=O.CCOCC.COC(C)=O.Cc1ccccc1.OCCO. The van der Waals surface area contributed by atoms with Gasteiger partial charge in [0.15, 0.2) is 0 Å². The maximum absolute atomic E-state index is 10.1. The molecule has 9 nitrogen and oxygen atoms in total. The van der Waals surface area contributed by atoms with Crippen LogP contribution in [0.3, 0.4) is 0 Å². The summed E-state index contributed by atoms with van der Waals surface area (Å²) in [4.78, 5) is 29.5. The van der Waals surface area contributed by atoms with E-state index in [4.69, 9.17) is 14.9 Å². The van der Waals surface area contributed by atoms with Crippen molar-refractivity contribution < 1.29 is 43.5 Å². The first kappa shape index (κ1) is 47.4. The number of benzene rings is 1. The van der Waals surface area contributed by atoms with Crippen LogP contribution < -0.4 is 0 Å². The van der Waals surface area contributed by atoms with E-state index in [1.54, 1.807) is 6.92 Å². The highest BCUT2D eigenvalue weighted by Crippen LogP contribution is 1.92. The standard InChI is InChI=1S/C7H8.C6H12O2.C4H8O2.C4H10O.C3H6O2.C2H6O2.C2H4/c1-7-5-3-2-4-6-7;1-3-4-5-8-6(2)7;1-3-6-4(2)5;1-3-5-4-2;1-3(4)5-2;3-1-2-4;1-2/h2-6H,1H3;3-5H2,1-2H3;3H2,1-2H3;3-4H2,1-2H3;1-2H3;3-4H,1-2H2;1-2H2. The lowest BCUT2D eigenvalue weighted by Gasteiger charge is -1.96. The molecule has 1 aromatic rings. The molecular weight excluding hydrogens is 480 g/mol. The molecule has 220 valence electrons. The predicted octanol–water partition coefficient (Wildman–Crippen LogP) is 4.91. The first-order valence-corrected chi connectivity index (χ1v) is 12.2. The van der Waals surface area contributed by atoms with Gasteiger partial charge in [0.1, 0.15) is 0 Å². The molecule has 0 aliphatic heterocycles. The summed E-state index contributed by atoms with van der Waals surface area (Å²) in [5.41, 5.74) is 1.32. The number of ether oxygens (including phenoxy) is 4. The van der Waals surface area contributed by atoms with Crippen molar-refractivity contribution >= 4 is 17.9 Å². The van der Waals surface area contributed by atoms with Gasteiger partial charge in [-0.3, -0.25) is 14.4 Å². The molecule has 0 fully saturated rings. The fourth-order valence-electron chi connectivity index (χ4n) is 1.30. The Morgan fingerprint density at radius 3 is 1.30 bits per heavy atom. The van der Waals surface area contributed by atoms with Gasteiger partial charge < -0.3 is 29.2 Å². The predicted molar refractivity (Wildman–Crippen MR) is 150 cm³/mol. The average molecular weight is 535 g/mol. The van der Waals surface area contributed by atoms with Crippen LogP contribution in [0.1, 0.15) is 66.9 Å². The number of hydrogen-bond donors (Lipinski definition) is 2. The largest absolute Gasteiger partial charge is 0.469 e. The lowest BCUT2D eigenvalue weighted by atomic mass is 10.2. The number of aliphatic hydroxyl groups excluding tert-OH is 2. The summed E-state index contributed by atoms with van der Waals surface area (Å²) >= 11 is 0. The van der Waals surface area contributed by atoms with Gasteiger partial charge in [-0.15, -0.1) is 13.2 Å². The van der Waals surface area contributed by atoms with E-state index in [1.807, 2.05) is 32.0 Å². The third-order valence-electron chi connectivity index (χ3n) is 2.89. The number of aliphatic hydroxyl groups is 2. The van der Waals surface area contributed by atoms with Crippen molar-refractivity contribution in [2.75, 3.05) is 46.8 Å². The average Bonchev–Trinajstić information content (AvgIpc) is 2.88. The molecule has 2 N–H and O–H groups in total. The number of carbonyl (C=O) groups is 3. The molecule has 0 saturated heterocycles. The summed E-state index contributed by atoms with van der Waals surface area (Å²) in [7, 11) is 1.35. The zero-order valence-electron chi connectivity index (χ0n) is 24.7. The van der Waals surface area contributed by atoms with E-state index in [2.05, 4.69) is 53.3 Å². The number of esters is 3. The van der Waals surface area contributed by atoms with E-state index in [-0.39, 0.29) is 31.1 Å². The van der Waals surface area contributed by atoms with Gasteiger partial charge in [0.2, 0.25) is 0 Å². The second-order valence-corrected chi connectivity index (χ2v) is 6.20. The maximum Gasteiger partial charge on any atom is 0.302 e. The number of methoxy groups -OCH3 is 1. The number of unbranched alkanes of at least 4 members (excludes halogenated alkanes) is 1. The highest BCUT2D eigenvalue weighted by atomic mass is 16.5. The minimum Gasteiger partial charge on any atom is -0.469 e. The Morgan fingerprint density at radius 2 is 1.16 bits per heavy atom. The van der Waals surface area contributed by atoms with E-state index in [0.717, 1.165) is 26.1 Å². The lowest BCUT2D eigenvalue weighted by molar-refractivity contribution is -0.141. The van der Waals surface area contributed by atoms with Crippen molar-refractivity contribution in [3.05, 3.63) is 49.1 Å². The monoisotopic (exact) mass is 534 g/mol. The molecule has 0 saturated carbocycles. The Balaban J connectivity index is -0.0000000779. The van der Waals surface area contributed by atoms with E-state index < -0.39 is 0 Å². The molecule has 0 unspecified atom stereocenters. The highest BCUT2D eigenvalue weighted by molar-refractivity contribution is 5.66. The van der Waals surface area contributed by atoms with Gasteiger partial charge >= 0.3 is 17.9 Å². The molecule has 0 heterocycles. The summed E-state index contributed by atoms with van der Waals surface area (Å²) in [6, 6.07) is 10.3. The third kappa shape index (κ3) is 97.5. The van der Waals surface area contributed by atoms with Gasteiger partial charge in [0.05, 0.1) is 33.5 Å². The van der Waals surface area contributed by atoms with Crippen molar-refractivity contribution in [3.8, 4) is 0 Å². The summed E-state index contributed by atoms with van der Waals surface area (Å²) < 4.78 is 18.0. The van der Waals surface area contributed by atoms with Crippen LogP contribution in [0.2, 0.25) is 0 Å². The minimum absolute atomic E-state index is 0.125. The number of rotatable bonds is 7. The molecule has 0 aliphatic carbocycles. The van der Waals surface area contributed by atoms with E-state index in [1.165, 1.54) is 33.4 Å². The molecule has 0 spiro atoms. The molecule has 0 amide bonds. The van der Waals surface area contributed by atoms with Gasteiger partial charge in [0, 0.05) is 34.0 Å². The molecule has 1 aromatic carbocycles. The highest BCUT2D eigenvalue weighted by Gasteiger charge is 1.88. The molecule has 37 heavy (non-hydrogen) atoms. The van der Waals surface area contributed by atoms with Gasteiger partial charge in [-0.2, -0.15) is 0 Å². The van der Waals surface area contributed by atoms with Gasteiger partial charge in [-0.25, -0.2) is 0 Å². The summed E-state index contributed by atoms with van der Waals surface area (Å²) in [5, 5.41) is 15.2. The van der Waals surface area contributed by atoms with Crippen LogP contribution in [0.5, 0.6) is 0 Å². The summed E-state index contributed by atoms with van der Waals surface area (Å²) in [5.74, 6) is -0.638. The normalized spacial score (nSPS) is 7.76. The van der Waals surface area contributed by atoms with Crippen LogP contribution >= 0.6 is 0 Å². The van der Waals surface area contributed by atoms with Crippen molar-refractivity contribution in [2.24, 2.45) is 0 Å². The molecular formula is C28H54O9. The second kappa shape index (κ2) is 50.2. The van der Waals surface area contributed by atoms with Crippen LogP contribution in [0.25, 0.3) is 0 Å². The first-order valence-electron chi connectivity index (χ1n) is 12.2. The van der Waals surface area contributed by atoms with Crippen LogP contribution in [0, 0.1) is 6.92 Å². The zero-order valence-corrected chi connectivity index (χ0v) is 24.7. The van der Waals surface area contributed by atoms with Crippen molar-refractivity contribution in [2.45, 2.75) is 68.2 Å². The Bertz CT molecular complexity index is 546. The van der Waals surface area contributed by atoms with Crippen molar-refractivity contribution in [3.63, 3.8) is 0 Å². The smallest absolute Gasteiger partial charge is 0.302 e. The van der Waals surface area contributed by atoms with Crippen molar-refractivity contribution in [1.82, 2.24) is 0 Å². The molecule has 0 bridgehead atoms. The Hall–Kier alpha value is -2.75. The summed E-state index contributed by atoms with van der Waals surface area (Å²) in [6.07, 6.45) is 2.05.